The Hall–Kier alpha value is -0.850. The second-order valence-corrected chi connectivity index (χ2v) is 4.09. The van der Waals surface area contributed by atoms with Gasteiger partial charge in [-0.2, -0.15) is 0 Å². The molecule has 1 rings (SSSR count). The normalized spacial score (nSPS) is 13.4. The largest absolute Gasteiger partial charge is 0.207 e. The lowest BCUT2D eigenvalue weighted by atomic mass is 9.89. The number of aryl methyl sites for hydroxylation is 1. The molecular formula is C12H17F. The van der Waals surface area contributed by atoms with E-state index in [-0.39, 0.29) is 5.82 Å². The SMILES string of the molecule is Cc1cc(F)cc([C@@H](C)C(C)C)c1. The minimum Gasteiger partial charge on any atom is -0.207 e. The number of hydrogen-bond acceptors (Lipinski definition) is 0. The van der Waals surface area contributed by atoms with Crippen LogP contribution in [0.15, 0.2) is 18.2 Å². The summed E-state index contributed by atoms with van der Waals surface area (Å²) in [7, 11) is 0. The van der Waals surface area contributed by atoms with Crippen LogP contribution in [0.1, 0.15) is 37.8 Å². The zero-order chi connectivity index (χ0) is 10.0. The van der Waals surface area contributed by atoms with E-state index in [1.807, 2.05) is 6.92 Å². The van der Waals surface area contributed by atoms with E-state index in [1.54, 1.807) is 12.1 Å². The summed E-state index contributed by atoms with van der Waals surface area (Å²) in [6, 6.07) is 5.27. The zero-order valence-electron chi connectivity index (χ0n) is 8.76. The number of hydrogen-bond donors (Lipinski definition) is 0. The van der Waals surface area contributed by atoms with Crippen LogP contribution < -0.4 is 0 Å². The molecule has 0 aliphatic rings. The van der Waals surface area contributed by atoms with Gasteiger partial charge in [0.05, 0.1) is 0 Å². The Labute approximate surface area is 79.8 Å². The van der Waals surface area contributed by atoms with Crippen molar-refractivity contribution in [2.75, 3.05) is 0 Å². The number of rotatable bonds is 2. The van der Waals surface area contributed by atoms with E-state index in [2.05, 4.69) is 26.8 Å². The summed E-state index contributed by atoms with van der Waals surface area (Å²) in [6.45, 7) is 8.38. The van der Waals surface area contributed by atoms with Crippen LogP contribution in [0.5, 0.6) is 0 Å². The van der Waals surface area contributed by atoms with Crippen molar-refractivity contribution < 1.29 is 4.39 Å². The van der Waals surface area contributed by atoms with Gasteiger partial charge in [-0.15, -0.1) is 0 Å². The fourth-order valence-corrected chi connectivity index (χ4v) is 1.41. The maximum absolute atomic E-state index is 13.1. The molecule has 0 aliphatic heterocycles. The molecule has 0 bridgehead atoms. The van der Waals surface area contributed by atoms with Gasteiger partial charge >= 0.3 is 0 Å². The highest BCUT2D eigenvalue weighted by atomic mass is 19.1. The number of benzene rings is 1. The first-order chi connectivity index (χ1) is 6.00. The summed E-state index contributed by atoms with van der Waals surface area (Å²) < 4.78 is 13.1. The Morgan fingerprint density at radius 2 is 1.69 bits per heavy atom. The lowest BCUT2D eigenvalue weighted by Gasteiger charge is -2.16. The molecule has 0 unspecified atom stereocenters. The van der Waals surface area contributed by atoms with Crippen LogP contribution in [0.3, 0.4) is 0 Å². The molecule has 0 aromatic heterocycles. The average molecular weight is 180 g/mol. The summed E-state index contributed by atoms with van der Waals surface area (Å²) in [5.41, 5.74) is 2.11. The summed E-state index contributed by atoms with van der Waals surface area (Å²) in [4.78, 5) is 0. The first-order valence-corrected chi connectivity index (χ1v) is 4.78. The van der Waals surface area contributed by atoms with Gasteiger partial charge in [0, 0.05) is 0 Å². The predicted octanol–water partition coefficient (Wildman–Crippen LogP) is 3.89. The second kappa shape index (κ2) is 3.91. The Bertz CT molecular complexity index is 269. The molecule has 0 nitrogen and oxygen atoms in total. The van der Waals surface area contributed by atoms with E-state index in [1.165, 1.54) is 0 Å². The van der Waals surface area contributed by atoms with Crippen molar-refractivity contribution in [3.05, 3.63) is 35.1 Å². The fraction of sp³-hybridized carbons (Fsp3) is 0.500. The maximum Gasteiger partial charge on any atom is 0.123 e. The molecule has 0 aliphatic carbocycles. The molecule has 13 heavy (non-hydrogen) atoms. The Kier molecular flexibility index (Phi) is 3.07. The van der Waals surface area contributed by atoms with Crippen LogP contribution in [-0.4, -0.2) is 0 Å². The summed E-state index contributed by atoms with van der Waals surface area (Å²) in [5.74, 6) is 0.859. The van der Waals surface area contributed by atoms with Gasteiger partial charge in [0.1, 0.15) is 5.82 Å². The third-order valence-corrected chi connectivity index (χ3v) is 2.59. The molecular weight excluding hydrogens is 163 g/mol. The van der Waals surface area contributed by atoms with Crippen LogP contribution in [0.2, 0.25) is 0 Å². The summed E-state index contributed by atoms with van der Waals surface area (Å²) in [6.07, 6.45) is 0. The predicted molar refractivity (Wildman–Crippen MR) is 54.4 cm³/mol. The van der Waals surface area contributed by atoms with Crippen LogP contribution >= 0.6 is 0 Å². The highest BCUT2D eigenvalue weighted by Gasteiger charge is 2.10. The van der Waals surface area contributed by atoms with Gasteiger partial charge < -0.3 is 0 Å². The van der Waals surface area contributed by atoms with Crippen LogP contribution in [0.4, 0.5) is 4.39 Å². The summed E-state index contributed by atoms with van der Waals surface area (Å²) >= 11 is 0. The van der Waals surface area contributed by atoms with E-state index >= 15 is 0 Å². The molecule has 0 radical (unpaired) electrons. The van der Waals surface area contributed by atoms with Crippen LogP contribution in [-0.2, 0) is 0 Å². The van der Waals surface area contributed by atoms with Crippen molar-refractivity contribution in [2.24, 2.45) is 5.92 Å². The molecule has 0 spiro atoms. The number of halogens is 1. The minimum atomic E-state index is -0.123. The monoisotopic (exact) mass is 180 g/mol. The molecule has 1 aromatic carbocycles. The topological polar surface area (TPSA) is 0 Å². The first-order valence-electron chi connectivity index (χ1n) is 4.78. The van der Waals surface area contributed by atoms with E-state index < -0.39 is 0 Å². The average Bonchev–Trinajstić information content (AvgIpc) is 2.01. The molecule has 1 aromatic rings. The lowest BCUT2D eigenvalue weighted by Crippen LogP contribution is -2.02. The third kappa shape index (κ3) is 2.55. The molecule has 0 saturated carbocycles. The molecule has 1 atom stereocenters. The van der Waals surface area contributed by atoms with E-state index in [9.17, 15) is 4.39 Å². The fourth-order valence-electron chi connectivity index (χ4n) is 1.41. The van der Waals surface area contributed by atoms with Gasteiger partial charge in [-0.05, 0) is 42.0 Å². The van der Waals surface area contributed by atoms with Gasteiger partial charge in [-0.1, -0.05) is 26.8 Å². The van der Waals surface area contributed by atoms with Crippen LogP contribution in [0, 0.1) is 18.7 Å². The Balaban J connectivity index is 3.01. The Morgan fingerprint density at radius 3 is 2.15 bits per heavy atom. The molecule has 0 heterocycles. The van der Waals surface area contributed by atoms with E-state index in [4.69, 9.17) is 0 Å². The Morgan fingerprint density at radius 1 is 1.08 bits per heavy atom. The van der Waals surface area contributed by atoms with Crippen molar-refractivity contribution in [3.63, 3.8) is 0 Å². The smallest absolute Gasteiger partial charge is 0.123 e. The quantitative estimate of drug-likeness (QED) is 0.647. The zero-order valence-corrected chi connectivity index (χ0v) is 8.76. The van der Waals surface area contributed by atoms with Crippen molar-refractivity contribution in [3.8, 4) is 0 Å². The van der Waals surface area contributed by atoms with Gasteiger partial charge in [-0.3, -0.25) is 0 Å². The van der Waals surface area contributed by atoms with Crippen LogP contribution in [0.25, 0.3) is 0 Å². The van der Waals surface area contributed by atoms with Crippen molar-refractivity contribution >= 4 is 0 Å². The molecule has 72 valence electrons. The summed E-state index contributed by atoms with van der Waals surface area (Å²) in [5, 5.41) is 0. The second-order valence-electron chi connectivity index (χ2n) is 4.09. The first kappa shape index (κ1) is 10.2. The van der Waals surface area contributed by atoms with Gasteiger partial charge in [0.15, 0.2) is 0 Å². The molecule has 1 heteroatoms. The standard InChI is InChI=1S/C12H17F/c1-8(2)10(4)11-5-9(3)6-12(13)7-11/h5-8,10H,1-4H3/t10-/m0/s1. The minimum absolute atomic E-state index is 0.123. The van der Waals surface area contributed by atoms with Gasteiger partial charge in [0.2, 0.25) is 0 Å². The maximum atomic E-state index is 13.1. The highest BCUT2D eigenvalue weighted by Crippen LogP contribution is 2.24. The van der Waals surface area contributed by atoms with Crippen molar-refractivity contribution in [1.29, 1.82) is 0 Å². The highest BCUT2D eigenvalue weighted by molar-refractivity contribution is 5.26. The van der Waals surface area contributed by atoms with Gasteiger partial charge in [-0.25, -0.2) is 4.39 Å². The molecule has 0 saturated heterocycles. The van der Waals surface area contributed by atoms with Crippen molar-refractivity contribution in [2.45, 2.75) is 33.6 Å². The molecule has 0 fully saturated rings. The molecule has 0 N–H and O–H groups in total. The van der Waals surface area contributed by atoms with E-state index in [0.717, 1.165) is 11.1 Å². The lowest BCUT2D eigenvalue weighted by molar-refractivity contribution is 0.529. The van der Waals surface area contributed by atoms with Gasteiger partial charge in [0.25, 0.3) is 0 Å². The van der Waals surface area contributed by atoms with E-state index in [0.29, 0.717) is 11.8 Å². The van der Waals surface area contributed by atoms with Crippen molar-refractivity contribution in [1.82, 2.24) is 0 Å². The third-order valence-electron chi connectivity index (χ3n) is 2.59. The molecule has 0 amide bonds.